The predicted molar refractivity (Wildman–Crippen MR) is 43.0 cm³/mol. The van der Waals surface area contributed by atoms with Gasteiger partial charge in [-0.25, -0.2) is 9.59 Å². The van der Waals surface area contributed by atoms with Gasteiger partial charge in [-0.2, -0.15) is 0 Å². The minimum absolute atomic E-state index is 0.0162. The molecule has 4 nitrogen and oxygen atoms in total. The summed E-state index contributed by atoms with van der Waals surface area (Å²) in [6, 6.07) is 0. The number of allylic oxidation sites excluding steroid dienone is 2. The van der Waals surface area contributed by atoms with Crippen LogP contribution < -0.4 is 0 Å². The Kier molecular flexibility index (Phi) is 4.07. The van der Waals surface area contributed by atoms with Crippen LogP contribution in [0.3, 0.4) is 0 Å². The highest BCUT2D eigenvalue weighted by Crippen LogP contribution is 2.06. The molecular formula is C7H7ClO4. The highest BCUT2D eigenvalue weighted by Gasteiger charge is 2.00. The molecule has 66 valence electrons. The Bertz CT molecular complexity index is 265. The highest BCUT2D eigenvalue weighted by atomic mass is 35.5. The van der Waals surface area contributed by atoms with Crippen molar-refractivity contribution >= 4 is 23.5 Å². The molecule has 12 heavy (non-hydrogen) atoms. The summed E-state index contributed by atoms with van der Waals surface area (Å²) in [5.74, 6) is -2.35. The number of aliphatic carboxylic acids is 2. The van der Waals surface area contributed by atoms with Crippen LogP contribution in [0.1, 0.15) is 6.92 Å². The molecule has 0 rings (SSSR count). The Morgan fingerprint density at radius 1 is 1.25 bits per heavy atom. The summed E-state index contributed by atoms with van der Waals surface area (Å²) in [5, 5.41) is 16.4. The van der Waals surface area contributed by atoms with E-state index in [9.17, 15) is 9.59 Å². The third kappa shape index (κ3) is 4.51. The van der Waals surface area contributed by atoms with Gasteiger partial charge in [0.05, 0.1) is 0 Å². The highest BCUT2D eigenvalue weighted by molar-refractivity contribution is 6.32. The second-order valence-electron chi connectivity index (χ2n) is 2.00. The first-order valence-corrected chi connectivity index (χ1v) is 3.33. The van der Waals surface area contributed by atoms with Crippen LogP contribution in [0.25, 0.3) is 0 Å². The Labute approximate surface area is 73.8 Å². The van der Waals surface area contributed by atoms with Gasteiger partial charge in [0.1, 0.15) is 0 Å². The fraction of sp³-hybridized carbons (Fsp3) is 0.143. The molecule has 0 aromatic carbocycles. The summed E-state index contributed by atoms with van der Waals surface area (Å²) in [4.78, 5) is 20.2. The molecule has 0 radical (unpaired) electrons. The molecule has 0 aliphatic rings. The zero-order chi connectivity index (χ0) is 9.72. The van der Waals surface area contributed by atoms with E-state index < -0.39 is 11.9 Å². The van der Waals surface area contributed by atoms with Crippen molar-refractivity contribution < 1.29 is 19.8 Å². The number of hydrogen-bond acceptors (Lipinski definition) is 2. The van der Waals surface area contributed by atoms with Crippen molar-refractivity contribution in [3.05, 3.63) is 22.8 Å². The predicted octanol–water partition coefficient (Wildman–Crippen LogP) is 1.22. The van der Waals surface area contributed by atoms with Crippen LogP contribution in [0.4, 0.5) is 0 Å². The molecule has 0 amide bonds. The molecule has 0 spiro atoms. The van der Waals surface area contributed by atoms with Crippen molar-refractivity contribution in [1.29, 1.82) is 0 Å². The maximum Gasteiger partial charge on any atom is 0.331 e. The first kappa shape index (κ1) is 10.7. The summed E-state index contributed by atoms with van der Waals surface area (Å²) in [6.45, 7) is 1.32. The van der Waals surface area contributed by atoms with E-state index >= 15 is 0 Å². The van der Waals surface area contributed by atoms with Crippen LogP contribution in [0.2, 0.25) is 0 Å². The van der Waals surface area contributed by atoms with Crippen molar-refractivity contribution in [2.75, 3.05) is 0 Å². The van der Waals surface area contributed by atoms with E-state index in [1.807, 2.05) is 0 Å². The van der Waals surface area contributed by atoms with E-state index in [0.717, 1.165) is 6.08 Å². The Balaban J connectivity index is 4.54. The third-order valence-corrected chi connectivity index (χ3v) is 1.17. The number of carboxylic acids is 2. The number of rotatable bonds is 3. The summed E-state index contributed by atoms with van der Waals surface area (Å²) < 4.78 is 0. The molecular weight excluding hydrogens is 184 g/mol. The van der Waals surface area contributed by atoms with E-state index in [1.54, 1.807) is 0 Å². The minimum atomic E-state index is -1.21. The van der Waals surface area contributed by atoms with E-state index in [2.05, 4.69) is 0 Å². The monoisotopic (exact) mass is 190 g/mol. The average molecular weight is 191 g/mol. The standard InChI is InChI=1S/C7H7ClO4/c1-4(7(11)12)2-5(8)3-6(9)10/h2-3H,1H3,(H,9,10)(H,11,12)/b4-2-,5-3+. The number of hydrogen-bond donors (Lipinski definition) is 2. The maximum atomic E-state index is 10.2. The zero-order valence-corrected chi connectivity index (χ0v) is 7.00. The zero-order valence-electron chi connectivity index (χ0n) is 6.24. The largest absolute Gasteiger partial charge is 0.478 e. The third-order valence-electron chi connectivity index (χ3n) is 0.953. The summed E-state index contributed by atoms with van der Waals surface area (Å²) >= 11 is 5.36. The molecule has 0 aliphatic carbocycles. The summed E-state index contributed by atoms with van der Waals surface area (Å²) in [7, 11) is 0. The molecule has 0 aromatic rings. The molecule has 0 saturated heterocycles. The van der Waals surface area contributed by atoms with Crippen LogP contribution in [-0.2, 0) is 9.59 Å². The van der Waals surface area contributed by atoms with Gasteiger partial charge in [-0.3, -0.25) is 0 Å². The van der Waals surface area contributed by atoms with Crippen LogP contribution in [0, 0.1) is 0 Å². The second-order valence-corrected chi connectivity index (χ2v) is 2.44. The molecule has 0 aliphatic heterocycles. The number of carbonyl (C=O) groups is 2. The molecule has 0 heterocycles. The first-order valence-electron chi connectivity index (χ1n) is 2.95. The van der Waals surface area contributed by atoms with Gasteiger partial charge in [0.15, 0.2) is 0 Å². The van der Waals surface area contributed by atoms with Crippen molar-refractivity contribution in [3.63, 3.8) is 0 Å². The smallest absolute Gasteiger partial charge is 0.331 e. The SMILES string of the molecule is C/C(=C/C(Cl)=C\C(=O)O)C(=O)O. The summed E-state index contributed by atoms with van der Waals surface area (Å²) in [5.41, 5.74) is -0.0162. The lowest BCUT2D eigenvalue weighted by molar-refractivity contribution is -0.133. The molecule has 0 fully saturated rings. The number of carboxylic acid groups (broad SMARTS) is 2. The Hall–Kier alpha value is -1.29. The van der Waals surface area contributed by atoms with E-state index in [0.29, 0.717) is 6.08 Å². The fourth-order valence-corrected chi connectivity index (χ4v) is 0.685. The Morgan fingerprint density at radius 2 is 1.75 bits per heavy atom. The maximum absolute atomic E-state index is 10.2. The second kappa shape index (κ2) is 4.56. The molecule has 0 bridgehead atoms. The molecule has 2 N–H and O–H groups in total. The van der Waals surface area contributed by atoms with Crippen LogP contribution in [0.15, 0.2) is 22.8 Å². The van der Waals surface area contributed by atoms with Crippen LogP contribution in [-0.4, -0.2) is 22.2 Å². The van der Waals surface area contributed by atoms with Crippen molar-refractivity contribution in [1.82, 2.24) is 0 Å². The minimum Gasteiger partial charge on any atom is -0.478 e. The lowest BCUT2D eigenvalue weighted by atomic mass is 10.3. The quantitative estimate of drug-likeness (QED) is 0.519. The van der Waals surface area contributed by atoms with Gasteiger partial charge in [-0.15, -0.1) is 0 Å². The van der Waals surface area contributed by atoms with E-state index in [4.69, 9.17) is 21.8 Å². The Morgan fingerprint density at radius 3 is 2.08 bits per heavy atom. The summed E-state index contributed by atoms with van der Waals surface area (Å²) in [6.07, 6.45) is 1.78. The van der Waals surface area contributed by atoms with Crippen molar-refractivity contribution in [3.8, 4) is 0 Å². The molecule has 0 atom stereocenters. The van der Waals surface area contributed by atoms with Crippen molar-refractivity contribution in [2.24, 2.45) is 0 Å². The van der Waals surface area contributed by atoms with Gasteiger partial charge in [0.25, 0.3) is 0 Å². The topological polar surface area (TPSA) is 74.6 Å². The van der Waals surface area contributed by atoms with Gasteiger partial charge >= 0.3 is 11.9 Å². The van der Waals surface area contributed by atoms with Crippen LogP contribution in [0.5, 0.6) is 0 Å². The van der Waals surface area contributed by atoms with Crippen LogP contribution >= 0.6 is 11.6 Å². The lowest BCUT2D eigenvalue weighted by Crippen LogP contribution is -1.96. The van der Waals surface area contributed by atoms with Gasteiger partial charge in [-0.1, -0.05) is 11.6 Å². The fourth-order valence-electron chi connectivity index (χ4n) is 0.428. The first-order chi connectivity index (χ1) is 5.43. The van der Waals surface area contributed by atoms with Gasteiger partial charge < -0.3 is 10.2 Å². The molecule has 0 aromatic heterocycles. The van der Waals surface area contributed by atoms with Gasteiger partial charge in [0, 0.05) is 16.7 Å². The van der Waals surface area contributed by atoms with Gasteiger partial charge in [-0.05, 0) is 13.0 Å². The molecule has 0 saturated carbocycles. The number of halogens is 1. The van der Waals surface area contributed by atoms with E-state index in [-0.39, 0.29) is 10.6 Å². The van der Waals surface area contributed by atoms with E-state index in [1.165, 1.54) is 6.92 Å². The normalized spacial score (nSPS) is 12.8. The molecule has 0 unspecified atom stereocenters. The molecule has 5 heteroatoms. The average Bonchev–Trinajstić information content (AvgIpc) is 1.84. The van der Waals surface area contributed by atoms with Gasteiger partial charge in [0.2, 0.25) is 0 Å². The lowest BCUT2D eigenvalue weighted by Gasteiger charge is -1.90. The van der Waals surface area contributed by atoms with Crippen molar-refractivity contribution in [2.45, 2.75) is 6.92 Å².